The minimum atomic E-state index is -1.07. The number of aromatic nitrogens is 2. The molecule has 0 unspecified atom stereocenters. The summed E-state index contributed by atoms with van der Waals surface area (Å²) in [6.07, 6.45) is 5.17. The number of benzene rings is 1. The molecular weight excluding hydrogens is 370 g/mol. The van der Waals surface area contributed by atoms with Gasteiger partial charge in [0.2, 0.25) is 5.91 Å². The van der Waals surface area contributed by atoms with E-state index in [0.29, 0.717) is 5.75 Å². The Morgan fingerprint density at radius 3 is 2.59 bits per heavy atom. The van der Waals surface area contributed by atoms with Gasteiger partial charge in [-0.15, -0.1) is 0 Å². The number of nitrogens with one attached hydrogen (secondary N) is 1. The number of aromatic hydroxyl groups is 1. The molecule has 29 heavy (non-hydrogen) atoms. The molecule has 0 saturated heterocycles. The van der Waals surface area contributed by atoms with Crippen LogP contribution in [-0.4, -0.2) is 38.4 Å². The van der Waals surface area contributed by atoms with Crippen molar-refractivity contribution in [1.82, 2.24) is 15.1 Å². The number of phenolic OH excluding ortho intramolecular Hbond substituents is 1. The molecule has 0 radical (unpaired) electrons. The van der Waals surface area contributed by atoms with Crippen molar-refractivity contribution in [3.05, 3.63) is 45.3 Å². The van der Waals surface area contributed by atoms with Gasteiger partial charge in [0.05, 0.1) is 5.69 Å². The normalized spacial score (nSPS) is 12.8. The number of carboxylic acids is 1. The first kappa shape index (κ1) is 20.9. The molecule has 1 aromatic heterocycles. The first-order chi connectivity index (χ1) is 13.8. The second-order valence-corrected chi connectivity index (χ2v) is 7.60. The number of carboxylic acid groups (broad SMARTS) is 1. The second kappa shape index (κ2) is 8.68. The Bertz CT molecular complexity index is 946. The van der Waals surface area contributed by atoms with E-state index < -0.39 is 12.5 Å². The monoisotopic (exact) mass is 399 g/mol. The SMILES string of the molecule is CCc1nn(CC(=O)NCC(=O)O)c(CC)c1Cc1cc(C)c(O)c2c1CCC2. The summed E-state index contributed by atoms with van der Waals surface area (Å²) < 4.78 is 1.71. The maximum Gasteiger partial charge on any atom is 0.322 e. The highest BCUT2D eigenvalue weighted by molar-refractivity contribution is 5.81. The third kappa shape index (κ3) is 4.28. The number of carbonyl (C=O) groups excluding carboxylic acids is 1. The predicted octanol–water partition coefficient (Wildman–Crippen LogP) is 2.30. The summed E-state index contributed by atoms with van der Waals surface area (Å²) in [6.45, 7) is 5.64. The van der Waals surface area contributed by atoms with Crippen LogP contribution in [0.4, 0.5) is 0 Å². The van der Waals surface area contributed by atoms with Crippen LogP contribution in [0.2, 0.25) is 0 Å². The van der Waals surface area contributed by atoms with Gasteiger partial charge in [-0.3, -0.25) is 14.3 Å². The molecule has 3 N–H and O–H groups in total. The van der Waals surface area contributed by atoms with Crippen molar-refractivity contribution >= 4 is 11.9 Å². The van der Waals surface area contributed by atoms with Crippen LogP contribution in [0.3, 0.4) is 0 Å². The Morgan fingerprint density at radius 1 is 1.21 bits per heavy atom. The number of aryl methyl sites for hydroxylation is 2. The first-order valence-corrected chi connectivity index (χ1v) is 10.2. The van der Waals surface area contributed by atoms with Crippen molar-refractivity contribution in [2.45, 2.75) is 65.8 Å². The number of nitrogens with zero attached hydrogens (tertiary/aromatic N) is 2. The fourth-order valence-electron chi connectivity index (χ4n) is 4.33. The summed E-state index contributed by atoms with van der Waals surface area (Å²) >= 11 is 0. The lowest BCUT2D eigenvalue weighted by molar-refractivity contribution is -0.138. The van der Waals surface area contributed by atoms with Crippen LogP contribution in [-0.2, 0) is 48.2 Å². The summed E-state index contributed by atoms with van der Waals surface area (Å²) in [5.74, 6) is -1.00. The van der Waals surface area contributed by atoms with Gasteiger partial charge in [-0.1, -0.05) is 19.9 Å². The number of hydrogen-bond acceptors (Lipinski definition) is 4. The van der Waals surface area contributed by atoms with Crippen LogP contribution in [0.5, 0.6) is 5.75 Å². The average molecular weight is 399 g/mol. The second-order valence-electron chi connectivity index (χ2n) is 7.60. The molecule has 156 valence electrons. The molecule has 0 aliphatic heterocycles. The van der Waals surface area contributed by atoms with E-state index in [1.165, 1.54) is 11.1 Å². The van der Waals surface area contributed by atoms with Crippen LogP contribution in [0.15, 0.2) is 6.07 Å². The largest absolute Gasteiger partial charge is 0.507 e. The molecule has 0 bridgehead atoms. The Kier molecular flexibility index (Phi) is 6.25. The smallest absolute Gasteiger partial charge is 0.322 e. The lowest BCUT2D eigenvalue weighted by atomic mass is 9.92. The maximum absolute atomic E-state index is 12.1. The summed E-state index contributed by atoms with van der Waals surface area (Å²) in [5, 5.41) is 26.2. The highest BCUT2D eigenvalue weighted by Gasteiger charge is 2.23. The van der Waals surface area contributed by atoms with Crippen LogP contribution in [0.25, 0.3) is 0 Å². The molecule has 7 heteroatoms. The first-order valence-electron chi connectivity index (χ1n) is 10.2. The number of fused-ring (bicyclic) bond motifs is 1. The number of amides is 1. The third-order valence-electron chi connectivity index (χ3n) is 5.67. The fraction of sp³-hybridized carbons (Fsp3) is 0.500. The fourth-order valence-corrected chi connectivity index (χ4v) is 4.33. The summed E-state index contributed by atoms with van der Waals surface area (Å²) in [5.41, 5.74) is 7.57. The van der Waals surface area contributed by atoms with Gasteiger partial charge in [-0.05, 0) is 61.3 Å². The minimum Gasteiger partial charge on any atom is -0.507 e. The molecule has 0 atom stereocenters. The lowest BCUT2D eigenvalue weighted by Crippen LogP contribution is -2.32. The van der Waals surface area contributed by atoms with Crippen LogP contribution in [0, 0.1) is 6.92 Å². The minimum absolute atomic E-state index is 0.0101. The molecule has 3 rings (SSSR count). The number of rotatable bonds is 8. The molecule has 1 amide bonds. The van der Waals surface area contributed by atoms with Gasteiger partial charge in [0.1, 0.15) is 18.8 Å². The molecule has 2 aromatic rings. The molecule has 1 aliphatic carbocycles. The van der Waals surface area contributed by atoms with E-state index in [4.69, 9.17) is 5.11 Å². The molecule has 1 heterocycles. The number of phenols is 1. The third-order valence-corrected chi connectivity index (χ3v) is 5.67. The van der Waals surface area contributed by atoms with Crippen LogP contribution in [0.1, 0.15) is 59.5 Å². The standard InChI is InChI=1S/C22H29N3O4/c1-4-18-17(10-14-9-13(3)22(29)16-8-6-7-15(14)16)19(5-2)25(24-18)12-20(26)23-11-21(27)28/h9,29H,4-8,10-12H2,1-3H3,(H,23,26)(H,27,28). The average Bonchev–Trinajstić information content (AvgIpc) is 3.29. The zero-order chi connectivity index (χ0) is 21.1. The number of carbonyl (C=O) groups is 2. The van der Waals surface area contributed by atoms with Crippen molar-refractivity contribution in [3.63, 3.8) is 0 Å². The van der Waals surface area contributed by atoms with Crippen LogP contribution < -0.4 is 5.32 Å². The molecule has 0 spiro atoms. The van der Waals surface area contributed by atoms with E-state index in [1.807, 2.05) is 20.8 Å². The number of aliphatic carboxylic acids is 1. The Morgan fingerprint density at radius 2 is 1.93 bits per heavy atom. The van der Waals surface area contributed by atoms with Gasteiger partial charge >= 0.3 is 5.97 Å². The van der Waals surface area contributed by atoms with Crippen molar-refractivity contribution in [2.24, 2.45) is 0 Å². The van der Waals surface area contributed by atoms with Gasteiger partial charge < -0.3 is 15.5 Å². The van der Waals surface area contributed by atoms with E-state index in [9.17, 15) is 14.7 Å². The van der Waals surface area contributed by atoms with E-state index in [0.717, 1.165) is 66.6 Å². The van der Waals surface area contributed by atoms with Crippen LogP contribution >= 0.6 is 0 Å². The predicted molar refractivity (Wildman–Crippen MR) is 109 cm³/mol. The zero-order valence-electron chi connectivity index (χ0n) is 17.3. The van der Waals surface area contributed by atoms with Crippen molar-refractivity contribution in [1.29, 1.82) is 0 Å². The van der Waals surface area contributed by atoms with E-state index in [2.05, 4.69) is 16.5 Å². The molecule has 0 saturated carbocycles. The Hall–Kier alpha value is -2.83. The zero-order valence-corrected chi connectivity index (χ0v) is 17.3. The van der Waals surface area contributed by atoms with E-state index >= 15 is 0 Å². The van der Waals surface area contributed by atoms with Gasteiger partial charge in [-0.2, -0.15) is 5.10 Å². The molecule has 1 aromatic carbocycles. The van der Waals surface area contributed by atoms with Crippen molar-refractivity contribution < 1.29 is 19.8 Å². The number of hydrogen-bond donors (Lipinski definition) is 3. The highest BCUT2D eigenvalue weighted by atomic mass is 16.4. The van der Waals surface area contributed by atoms with Crippen molar-refractivity contribution in [3.8, 4) is 5.75 Å². The lowest BCUT2D eigenvalue weighted by Gasteiger charge is -2.14. The molecule has 0 fully saturated rings. The molecule has 1 aliphatic rings. The topological polar surface area (TPSA) is 104 Å². The summed E-state index contributed by atoms with van der Waals surface area (Å²) in [7, 11) is 0. The summed E-state index contributed by atoms with van der Waals surface area (Å²) in [4.78, 5) is 22.8. The molecule has 7 nitrogen and oxygen atoms in total. The quantitative estimate of drug-likeness (QED) is 0.632. The maximum atomic E-state index is 12.1. The Balaban J connectivity index is 1.93. The van der Waals surface area contributed by atoms with Gasteiger partial charge in [-0.25, -0.2) is 0 Å². The van der Waals surface area contributed by atoms with E-state index in [-0.39, 0.29) is 12.5 Å². The van der Waals surface area contributed by atoms with Gasteiger partial charge in [0.25, 0.3) is 0 Å². The van der Waals surface area contributed by atoms with E-state index in [1.54, 1.807) is 4.68 Å². The van der Waals surface area contributed by atoms with Gasteiger partial charge in [0.15, 0.2) is 0 Å². The van der Waals surface area contributed by atoms with Crippen molar-refractivity contribution in [2.75, 3.05) is 6.54 Å². The van der Waals surface area contributed by atoms with Gasteiger partial charge in [0, 0.05) is 17.7 Å². The summed E-state index contributed by atoms with van der Waals surface area (Å²) in [6, 6.07) is 2.08. The Labute approximate surface area is 170 Å². The highest BCUT2D eigenvalue weighted by Crippen LogP contribution is 2.36. The molecular formula is C22H29N3O4.